The van der Waals surface area contributed by atoms with E-state index in [0.29, 0.717) is 4.68 Å². The van der Waals surface area contributed by atoms with Crippen molar-refractivity contribution in [2.45, 2.75) is 6.55 Å². The van der Waals surface area contributed by atoms with Gasteiger partial charge in [0, 0.05) is 16.9 Å². The number of pyridine rings is 1. The van der Waals surface area contributed by atoms with E-state index in [1.54, 1.807) is 12.1 Å². The second kappa shape index (κ2) is 5.21. The molecule has 0 aliphatic heterocycles. The highest BCUT2D eigenvalue weighted by molar-refractivity contribution is 9.10. The maximum Gasteiger partial charge on any atom is 0.333 e. The number of nitrogens with zero attached hydrogens (tertiary/aromatic N) is 3. The number of anilines is 1. The van der Waals surface area contributed by atoms with E-state index in [-0.39, 0.29) is 11.5 Å². The van der Waals surface area contributed by atoms with Crippen LogP contribution in [0.25, 0.3) is 0 Å². The van der Waals surface area contributed by atoms with Gasteiger partial charge in [-0.1, -0.05) is 0 Å². The zero-order valence-electron chi connectivity index (χ0n) is 8.85. The number of nitrogens with one attached hydrogen (secondary N) is 1. The lowest BCUT2D eigenvalue weighted by Gasteiger charge is -2.06. The Morgan fingerprint density at radius 3 is 2.78 bits per heavy atom. The maximum atomic E-state index is 12.5. The quantitative estimate of drug-likeness (QED) is 0.947. The predicted molar refractivity (Wildman–Crippen MR) is 63.4 cm³/mol. The van der Waals surface area contributed by atoms with Crippen LogP contribution in [0.3, 0.4) is 0 Å². The third-order valence-corrected chi connectivity index (χ3v) is 2.53. The number of aromatic nitrogens is 3. The van der Waals surface area contributed by atoms with Crippen LogP contribution in [0.4, 0.5) is 14.6 Å². The van der Waals surface area contributed by atoms with Crippen LogP contribution < -0.4 is 5.32 Å². The molecule has 2 aromatic heterocycles. The van der Waals surface area contributed by atoms with Gasteiger partial charge >= 0.3 is 6.55 Å². The molecule has 2 rings (SSSR count). The Balaban J connectivity index is 2.17. The fourth-order valence-electron chi connectivity index (χ4n) is 1.28. The molecule has 5 nitrogen and oxygen atoms in total. The van der Waals surface area contributed by atoms with Gasteiger partial charge in [-0.2, -0.15) is 18.6 Å². The molecule has 0 saturated carbocycles. The molecule has 1 amide bonds. The highest BCUT2D eigenvalue weighted by atomic mass is 79.9. The lowest BCUT2D eigenvalue weighted by molar-refractivity contribution is 0.0520. The molecule has 2 aromatic rings. The number of carbonyl (C=O) groups is 1. The first-order valence-corrected chi connectivity index (χ1v) is 5.62. The molecule has 0 unspecified atom stereocenters. The average Bonchev–Trinajstić information content (AvgIpc) is 2.81. The van der Waals surface area contributed by atoms with Crippen molar-refractivity contribution in [3.8, 4) is 0 Å². The number of rotatable bonds is 3. The van der Waals surface area contributed by atoms with Crippen LogP contribution in [0.2, 0.25) is 0 Å². The van der Waals surface area contributed by atoms with E-state index < -0.39 is 12.5 Å². The van der Waals surface area contributed by atoms with E-state index in [1.807, 2.05) is 0 Å². The Morgan fingerprint density at radius 1 is 1.39 bits per heavy atom. The molecule has 0 fully saturated rings. The van der Waals surface area contributed by atoms with E-state index >= 15 is 0 Å². The minimum Gasteiger partial charge on any atom is -0.305 e. The Kier molecular flexibility index (Phi) is 3.66. The third kappa shape index (κ3) is 2.70. The van der Waals surface area contributed by atoms with E-state index in [0.717, 1.165) is 10.7 Å². The predicted octanol–water partition coefficient (Wildman–Crippen LogP) is 2.69. The van der Waals surface area contributed by atoms with Crippen molar-refractivity contribution < 1.29 is 13.6 Å². The van der Waals surface area contributed by atoms with Gasteiger partial charge in [0.2, 0.25) is 0 Å². The van der Waals surface area contributed by atoms with Gasteiger partial charge in [0.25, 0.3) is 5.91 Å². The number of carbonyl (C=O) groups excluding carboxylic acids is 1. The normalized spacial score (nSPS) is 10.7. The summed E-state index contributed by atoms with van der Waals surface area (Å²) < 4.78 is 26.1. The molecule has 0 spiro atoms. The summed E-state index contributed by atoms with van der Waals surface area (Å²) in [6.45, 7) is -2.86. The van der Waals surface area contributed by atoms with Crippen LogP contribution in [0.5, 0.6) is 0 Å². The zero-order chi connectivity index (χ0) is 13.1. The van der Waals surface area contributed by atoms with Crippen LogP contribution >= 0.6 is 15.9 Å². The van der Waals surface area contributed by atoms with E-state index in [1.165, 1.54) is 12.3 Å². The van der Waals surface area contributed by atoms with Crippen molar-refractivity contribution in [3.05, 3.63) is 40.8 Å². The first kappa shape index (κ1) is 12.6. The van der Waals surface area contributed by atoms with Gasteiger partial charge < -0.3 is 5.32 Å². The SMILES string of the molecule is O=C(Nc1ccc(Br)cn1)c1ccnn1C(F)F. The summed E-state index contributed by atoms with van der Waals surface area (Å²) in [5, 5.41) is 5.77. The number of hydrogen-bond acceptors (Lipinski definition) is 3. The van der Waals surface area contributed by atoms with Crippen molar-refractivity contribution in [1.29, 1.82) is 0 Å². The van der Waals surface area contributed by atoms with E-state index in [9.17, 15) is 13.6 Å². The Morgan fingerprint density at radius 2 is 2.17 bits per heavy atom. The number of alkyl halides is 2. The van der Waals surface area contributed by atoms with Crippen molar-refractivity contribution in [2.75, 3.05) is 5.32 Å². The van der Waals surface area contributed by atoms with Crippen LogP contribution in [0.1, 0.15) is 17.0 Å². The molecule has 0 aliphatic rings. The summed E-state index contributed by atoms with van der Waals surface area (Å²) >= 11 is 3.19. The molecule has 1 N–H and O–H groups in total. The topological polar surface area (TPSA) is 59.8 Å². The summed E-state index contributed by atoms with van der Waals surface area (Å²) in [5.74, 6) is -0.423. The molecular formula is C10H7BrF2N4O. The Bertz CT molecular complexity index is 555. The Hall–Kier alpha value is -1.83. The van der Waals surface area contributed by atoms with Crippen molar-refractivity contribution >= 4 is 27.7 Å². The van der Waals surface area contributed by atoms with Crippen LogP contribution in [0, 0.1) is 0 Å². The molecule has 0 aliphatic carbocycles. The van der Waals surface area contributed by atoms with Gasteiger partial charge in [0.05, 0.1) is 0 Å². The second-order valence-corrected chi connectivity index (χ2v) is 4.17. The largest absolute Gasteiger partial charge is 0.333 e. The molecule has 0 bridgehead atoms. The molecule has 0 atom stereocenters. The number of halogens is 3. The minimum absolute atomic E-state index is 0.227. The van der Waals surface area contributed by atoms with E-state index in [4.69, 9.17) is 0 Å². The van der Waals surface area contributed by atoms with Crippen molar-refractivity contribution in [2.24, 2.45) is 0 Å². The highest BCUT2D eigenvalue weighted by Crippen LogP contribution is 2.14. The van der Waals surface area contributed by atoms with Gasteiger partial charge in [-0.25, -0.2) is 4.98 Å². The average molecular weight is 317 g/mol. The molecule has 94 valence electrons. The zero-order valence-corrected chi connectivity index (χ0v) is 10.4. The molecule has 18 heavy (non-hydrogen) atoms. The maximum absolute atomic E-state index is 12.5. The Labute approximate surface area is 109 Å². The van der Waals surface area contributed by atoms with Gasteiger partial charge in [0.1, 0.15) is 11.5 Å². The van der Waals surface area contributed by atoms with Crippen LogP contribution in [0.15, 0.2) is 35.1 Å². The summed E-state index contributed by atoms with van der Waals surface area (Å²) in [6, 6.07) is 4.43. The lowest BCUT2D eigenvalue weighted by Crippen LogP contribution is -2.18. The summed E-state index contributed by atoms with van der Waals surface area (Å²) in [6.07, 6.45) is 2.62. The third-order valence-electron chi connectivity index (χ3n) is 2.06. The monoisotopic (exact) mass is 316 g/mol. The summed E-state index contributed by atoms with van der Waals surface area (Å²) in [4.78, 5) is 15.6. The number of hydrogen-bond donors (Lipinski definition) is 1. The summed E-state index contributed by atoms with van der Waals surface area (Å²) in [5.41, 5.74) is -0.227. The number of amides is 1. The minimum atomic E-state index is -2.86. The molecule has 0 radical (unpaired) electrons. The summed E-state index contributed by atoms with van der Waals surface area (Å²) in [7, 11) is 0. The molecule has 2 heterocycles. The molecule has 0 aromatic carbocycles. The van der Waals surface area contributed by atoms with Gasteiger partial charge in [0.15, 0.2) is 0 Å². The fraction of sp³-hybridized carbons (Fsp3) is 0.100. The fourth-order valence-corrected chi connectivity index (χ4v) is 1.51. The molecular weight excluding hydrogens is 310 g/mol. The van der Waals surface area contributed by atoms with E-state index in [2.05, 4.69) is 31.3 Å². The first-order valence-electron chi connectivity index (χ1n) is 4.82. The standard InChI is InChI=1S/C10H7BrF2N4O/c11-6-1-2-8(14-5-6)16-9(18)7-3-4-15-17(7)10(12)13/h1-5,10H,(H,14,16,18). The second-order valence-electron chi connectivity index (χ2n) is 3.25. The van der Waals surface area contributed by atoms with Crippen molar-refractivity contribution in [3.63, 3.8) is 0 Å². The van der Waals surface area contributed by atoms with Gasteiger partial charge in [-0.15, -0.1) is 0 Å². The molecule has 0 saturated heterocycles. The van der Waals surface area contributed by atoms with Crippen LogP contribution in [-0.2, 0) is 0 Å². The smallest absolute Gasteiger partial charge is 0.305 e. The van der Waals surface area contributed by atoms with Gasteiger partial charge in [-0.3, -0.25) is 4.79 Å². The molecule has 8 heteroatoms. The van der Waals surface area contributed by atoms with Crippen molar-refractivity contribution in [1.82, 2.24) is 14.8 Å². The first-order chi connectivity index (χ1) is 8.58. The highest BCUT2D eigenvalue weighted by Gasteiger charge is 2.18. The lowest BCUT2D eigenvalue weighted by atomic mass is 10.4. The van der Waals surface area contributed by atoms with Crippen LogP contribution in [-0.4, -0.2) is 20.7 Å². The van der Waals surface area contributed by atoms with Gasteiger partial charge in [-0.05, 0) is 34.1 Å².